The second-order valence-electron chi connectivity index (χ2n) is 3.46. The Hall–Kier alpha value is -1.13. The van der Waals surface area contributed by atoms with E-state index >= 15 is 0 Å². The average molecular weight is 245 g/mol. The van der Waals surface area contributed by atoms with Crippen molar-refractivity contribution in [1.29, 1.82) is 0 Å². The molecule has 5 heteroatoms. The molecule has 88 valence electrons. The highest BCUT2D eigenvalue weighted by Crippen LogP contribution is 2.19. The predicted octanol–water partition coefficient (Wildman–Crippen LogP) is 2.40. The van der Waals surface area contributed by atoms with Crippen molar-refractivity contribution in [3.05, 3.63) is 29.0 Å². The van der Waals surface area contributed by atoms with Crippen molar-refractivity contribution in [3.8, 4) is 0 Å². The van der Waals surface area contributed by atoms with Gasteiger partial charge < -0.3 is 11.1 Å². The van der Waals surface area contributed by atoms with Crippen LogP contribution in [0.25, 0.3) is 0 Å². The van der Waals surface area contributed by atoms with Gasteiger partial charge >= 0.3 is 0 Å². The molecule has 3 nitrogen and oxygen atoms in total. The first-order chi connectivity index (χ1) is 7.58. The quantitative estimate of drug-likeness (QED) is 0.855. The van der Waals surface area contributed by atoms with Crippen molar-refractivity contribution < 1.29 is 9.18 Å². The van der Waals surface area contributed by atoms with Gasteiger partial charge in [-0.15, -0.1) is 0 Å². The molecule has 1 aromatic rings. The second-order valence-corrected chi connectivity index (χ2v) is 3.87. The van der Waals surface area contributed by atoms with Crippen molar-refractivity contribution in [3.63, 3.8) is 0 Å². The molecular formula is C11H14ClFN2O. The highest BCUT2D eigenvalue weighted by Gasteiger charge is 2.14. The summed E-state index contributed by atoms with van der Waals surface area (Å²) in [4.78, 5) is 11.6. The Kier molecular flexibility index (Phi) is 4.71. The Morgan fingerprint density at radius 3 is 2.81 bits per heavy atom. The molecule has 3 N–H and O–H groups in total. The Morgan fingerprint density at radius 1 is 1.62 bits per heavy atom. The van der Waals surface area contributed by atoms with E-state index in [4.69, 9.17) is 17.3 Å². The largest absolute Gasteiger partial charge is 0.330 e. The number of amides is 1. The van der Waals surface area contributed by atoms with Crippen LogP contribution < -0.4 is 11.1 Å². The third-order valence-corrected chi connectivity index (χ3v) is 2.62. The zero-order valence-electron chi connectivity index (χ0n) is 8.97. The van der Waals surface area contributed by atoms with Crippen LogP contribution in [0.15, 0.2) is 18.2 Å². The van der Waals surface area contributed by atoms with E-state index in [0.29, 0.717) is 12.1 Å². The molecule has 1 amide bonds. The van der Waals surface area contributed by atoms with Crippen molar-refractivity contribution in [1.82, 2.24) is 0 Å². The minimum absolute atomic E-state index is 0.0152. The van der Waals surface area contributed by atoms with Gasteiger partial charge in [0.2, 0.25) is 5.91 Å². The third-order valence-electron chi connectivity index (χ3n) is 2.34. The summed E-state index contributed by atoms with van der Waals surface area (Å²) < 4.78 is 12.9. The van der Waals surface area contributed by atoms with Crippen molar-refractivity contribution in [2.45, 2.75) is 13.3 Å². The van der Waals surface area contributed by atoms with Gasteiger partial charge in [-0.05, 0) is 24.6 Å². The summed E-state index contributed by atoms with van der Waals surface area (Å²) in [6.45, 7) is 2.17. The molecule has 0 aliphatic rings. The first-order valence-electron chi connectivity index (χ1n) is 5.04. The van der Waals surface area contributed by atoms with Gasteiger partial charge in [0.05, 0.1) is 10.9 Å². The number of carbonyl (C=O) groups excluding carboxylic acids is 1. The van der Waals surface area contributed by atoms with E-state index < -0.39 is 5.82 Å². The van der Waals surface area contributed by atoms with E-state index in [1.807, 2.05) is 6.92 Å². The fourth-order valence-electron chi connectivity index (χ4n) is 1.28. The maximum Gasteiger partial charge on any atom is 0.228 e. The fraction of sp³-hybridized carbons (Fsp3) is 0.364. The highest BCUT2D eigenvalue weighted by molar-refractivity contribution is 6.31. The SMILES string of the molecule is CCC(CN)C(=O)Nc1ccc(F)c(Cl)c1. The number of hydrogen-bond donors (Lipinski definition) is 2. The molecule has 0 fully saturated rings. The van der Waals surface area contributed by atoms with Crippen LogP contribution in [0.4, 0.5) is 10.1 Å². The Labute approximate surface area is 98.8 Å². The van der Waals surface area contributed by atoms with Crippen LogP contribution >= 0.6 is 11.6 Å². The van der Waals surface area contributed by atoms with Crippen LogP contribution in [0, 0.1) is 11.7 Å². The summed E-state index contributed by atoms with van der Waals surface area (Å²) in [5.41, 5.74) is 5.92. The number of nitrogens with one attached hydrogen (secondary N) is 1. The van der Waals surface area contributed by atoms with E-state index in [9.17, 15) is 9.18 Å². The second kappa shape index (κ2) is 5.82. The van der Waals surface area contributed by atoms with Gasteiger partial charge in [-0.3, -0.25) is 4.79 Å². The minimum atomic E-state index is -0.509. The number of anilines is 1. The summed E-state index contributed by atoms with van der Waals surface area (Å²) in [6.07, 6.45) is 0.664. The molecule has 1 atom stereocenters. The van der Waals surface area contributed by atoms with Crippen LogP contribution in [0.5, 0.6) is 0 Å². The summed E-state index contributed by atoms with van der Waals surface area (Å²) in [5.74, 6) is -0.915. The zero-order valence-corrected chi connectivity index (χ0v) is 9.72. The lowest BCUT2D eigenvalue weighted by Crippen LogP contribution is -2.28. The molecular weight excluding hydrogens is 231 g/mol. The van der Waals surface area contributed by atoms with E-state index in [0.717, 1.165) is 0 Å². The van der Waals surface area contributed by atoms with Gasteiger partial charge in [0.1, 0.15) is 5.82 Å². The molecule has 16 heavy (non-hydrogen) atoms. The third kappa shape index (κ3) is 3.18. The molecule has 0 saturated heterocycles. The number of halogens is 2. The number of benzene rings is 1. The van der Waals surface area contributed by atoms with Gasteiger partial charge in [-0.25, -0.2) is 4.39 Å². The lowest BCUT2D eigenvalue weighted by atomic mass is 10.1. The van der Waals surface area contributed by atoms with Crippen LogP contribution in [0.1, 0.15) is 13.3 Å². The van der Waals surface area contributed by atoms with Gasteiger partial charge in [-0.1, -0.05) is 18.5 Å². The lowest BCUT2D eigenvalue weighted by molar-refractivity contribution is -0.119. The first kappa shape index (κ1) is 12.9. The summed E-state index contributed by atoms with van der Waals surface area (Å²) in [7, 11) is 0. The normalized spacial score (nSPS) is 12.2. The van der Waals surface area contributed by atoms with Crippen LogP contribution in [-0.2, 0) is 4.79 Å². The van der Waals surface area contributed by atoms with Crippen LogP contribution in [-0.4, -0.2) is 12.5 Å². The standard InChI is InChI=1S/C11H14ClFN2O/c1-2-7(6-14)11(16)15-8-3-4-10(13)9(12)5-8/h3-5,7H,2,6,14H2,1H3,(H,15,16). The molecule has 1 rings (SSSR count). The van der Waals surface area contributed by atoms with Crippen LogP contribution in [0.2, 0.25) is 5.02 Å². The van der Waals surface area contributed by atoms with Crippen molar-refractivity contribution in [2.24, 2.45) is 11.7 Å². The minimum Gasteiger partial charge on any atom is -0.330 e. The highest BCUT2D eigenvalue weighted by atomic mass is 35.5. The Balaban J connectivity index is 2.73. The van der Waals surface area contributed by atoms with E-state index in [-0.39, 0.29) is 23.4 Å². The van der Waals surface area contributed by atoms with Crippen molar-refractivity contribution >= 4 is 23.2 Å². The molecule has 0 spiro atoms. The summed E-state index contributed by atoms with van der Waals surface area (Å²) >= 11 is 5.59. The predicted molar refractivity (Wildman–Crippen MR) is 62.9 cm³/mol. The Morgan fingerprint density at radius 2 is 2.31 bits per heavy atom. The monoisotopic (exact) mass is 244 g/mol. The summed E-state index contributed by atoms with van der Waals surface area (Å²) in [5, 5.41) is 2.63. The maximum atomic E-state index is 12.9. The number of hydrogen-bond acceptors (Lipinski definition) is 2. The lowest BCUT2D eigenvalue weighted by Gasteiger charge is -2.12. The zero-order chi connectivity index (χ0) is 12.1. The van der Waals surface area contributed by atoms with Gasteiger partial charge in [0.25, 0.3) is 0 Å². The van der Waals surface area contributed by atoms with Gasteiger partial charge in [0.15, 0.2) is 0 Å². The van der Waals surface area contributed by atoms with Crippen molar-refractivity contribution in [2.75, 3.05) is 11.9 Å². The van der Waals surface area contributed by atoms with E-state index in [1.54, 1.807) is 0 Å². The van der Waals surface area contributed by atoms with Gasteiger partial charge in [0, 0.05) is 12.2 Å². The van der Waals surface area contributed by atoms with E-state index in [1.165, 1.54) is 18.2 Å². The number of nitrogens with two attached hydrogens (primary N) is 1. The molecule has 0 aromatic heterocycles. The van der Waals surface area contributed by atoms with Gasteiger partial charge in [-0.2, -0.15) is 0 Å². The number of rotatable bonds is 4. The van der Waals surface area contributed by atoms with E-state index in [2.05, 4.69) is 5.32 Å². The molecule has 0 saturated carbocycles. The molecule has 0 heterocycles. The number of carbonyl (C=O) groups is 1. The molecule has 0 aliphatic heterocycles. The van der Waals surface area contributed by atoms with Crippen LogP contribution in [0.3, 0.4) is 0 Å². The molecule has 0 aliphatic carbocycles. The molecule has 0 radical (unpaired) electrons. The maximum absolute atomic E-state index is 12.9. The smallest absolute Gasteiger partial charge is 0.228 e. The molecule has 1 unspecified atom stereocenters. The molecule has 0 bridgehead atoms. The summed E-state index contributed by atoms with van der Waals surface area (Å²) in [6, 6.07) is 4.04. The molecule has 1 aromatic carbocycles. The average Bonchev–Trinajstić information content (AvgIpc) is 2.25. The Bertz CT molecular complexity index is 380. The topological polar surface area (TPSA) is 55.1 Å². The fourth-order valence-corrected chi connectivity index (χ4v) is 1.46. The first-order valence-corrected chi connectivity index (χ1v) is 5.42.